The first-order valence-corrected chi connectivity index (χ1v) is 12.2. The molecule has 7 atom stereocenters. The summed E-state index contributed by atoms with van der Waals surface area (Å²) in [6.45, 7) is 2.20. The van der Waals surface area contributed by atoms with Gasteiger partial charge >= 0.3 is 0 Å². The van der Waals surface area contributed by atoms with Gasteiger partial charge in [-0.15, -0.1) is 0 Å². The number of alkyl halides is 1. The van der Waals surface area contributed by atoms with E-state index >= 15 is 4.39 Å². The van der Waals surface area contributed by atoms with Crippen LogP contribution in [-0.4, -0.2) is 32.6 Å². The zero-order valence-corrected chi connectivity index (χ0v) is 18.7. The third-order valence-electron chi connectivity index (χ3n) is 9.65. The number of oxazole rings is 1. The monoisotopic (exact) mass is 440 g/mol. The molecule has 6 unspecified atom stereocenters. The van der Waals surface area contributed by atoms with E-state index in [-0.39, 0.29) is 29.4 Å². The van der Waals surface area contributed by atoms with Crippen molar-refractivity contribution in [1.29, 1.82) is 0 Å². The molecule has 0 radical (unpaired) electrons. The lowest BCUT2D eigenvalue weighted by atomic mass is 9.53. The minimum atomic E-state index is -1.58. The molecule has 0 aliphatic heterocycles. The Kier molecular flexibility index (Phi) is 4.39. The lowest BCUT2D eigenvalue weighted by molar-refractivity contribution is -0.195. The molecule has 3 saturated carbocycles. The van der Waals surface area contributed by atoms with Crippen molar-refractivity contribution in [1.82, 2.24) is 4.98 Å². The second kappa shape index (κ2) is 6.80. The average molecular weight is 441 g/mol. The van der Waals surface area contributed by atoms with Crippen molar-refractivity contribution in [3.05, 3.63) is 29.8 Å². The van der Waals surface area contributed by atoms with Gasteiger partial charge < -0.3 is 20.4 Å². The quantitative estimate of drug-likeness (QED) is 0.579. The van der Waals surface area contributed by atoms with Crippen LogP contribution in [0, 0.1) is 23.2 Å². The van der Waals surface area contributed by atoms with Gasteiger partial charge in [-0.2, -0.15) is 4.98 Å². The zero-order chi connectivity index (χ0) is 22.3. The fourth-order valence-electron chi connectivity index (χ4n) is 7.92. The van der Waals surface area contributed by atoms with Crippen molar-refractivity contribution in [2.75, 3.05) is 5.73 Å². The van der Waals surface area contributed by atoms with Crippen molar-refractivity contribution in [2.24, 2.45) is 23.2 Å². The number of benzene rings is 1. The van der Waals surface area contributed by atoms with E-state index in [9.17, 15) is 10.2 Å². The fraction of sp³-hybridized carbons (Fsp3) is 0.654. The average Bonchev–Trinajstić information content (AvgIpc) is 3.26. The van der Waals surface area contributed by atoms with E-state index in [0.717, 1.165) is 30.3 Å². The highest BCUT2D eigenvalue weighted by atomic mass is 19.1. The number of nitrogens with two attached hydrogens (primary N) is 1. The number of aromatic nitrogens is 1. The van der Waals surface area contributed by atoms with E-state index in [1.165, 1.54) is 5.57 Å². The van der Waals surface area contributed by atoms with E-state index in [1.807, 2.05) is 18.2 Å². The van der Waals surface area contributed by atoms with E-state index in [0.29, 0.717) is 50.0 Å². The van der Waals surface area contributed by atoms with Crippen LogP contribution in [0.3, 0.4) is 0 Å². The molecule has 5 nitrogen and oxygen atoms in total. The minimum Gasteiger partial charge on any atom is -0.424 e. The molecular formula is C26H33FN2O3. The van der Waals surface area contributed by atoms with Crippen molar-refractivity contribution >= 4 is 22.7 Å². The number of halogens is 1. The zero-order valence-electron chi connectivity index (χ0n) is 18.7. The van der Waals surface area contributed by atoms with Gasteiger partial charge in [0.05, 0.1) is 6.10 Å². The van der Waals surface area contributed by atoms with Crippen LogP contribution in [0.1, 0.15) is 70.3 Å². The number of aliphatic hydroxyl groups is 2. The van der Waals surface area contributed by atoms with Crippen molar-refractivity contribution < 1.29 is 19.0 Å². The fourth-order valence-corrected chi connectivity index (χ4v) is 7.92. The van der Waals surface area contributed by atoms with E-state index < -0.39 is 11.3 Å². The molecule has 172 valence electrons. The maximum absolute atomic E-state index is 16.7. The molecule has 4 aliphatic carbocycles. The van der Waals surface area contributed by atoms with Gasteiger partial charge in [0.1, 0.15) is 16.8 Å². The van der Waals surface area contributed by atoms with Gasteiger partial charge in [0, 0.05) is 5.92 Å². The molecule has 6 rings (SSSR count). The van der Waals surface area contributed by atoms with Crippen molar-refractivity contribution in [3.8, 4) is 0 Å². The number of allylic oxidation sites excluding steroid dienone is 2. The molecule has 32 heavy (non-hydrogen) atoms. The Morgan fingerprint density at radius 2 is 2.00 bits per heavy atom. The van der Waals surface area contributed by atoms with Crippen LogP contribution in [0.15, 0.2) is 28.7 Å². The molecule has 4 N–H and O–H groups in total. The molecule has 0 bridgehead atoms. The molecule has 0 amide bonds. The third-order valence-corrected chi connectivity index (χ3v) is 9.65. The van der Waals surface area contributed by atoms with Gasteiger partial charge in [0.2, 0.25) is 0 Å². The Labute approximate surface area is 187 Å². The summed E-state index contributed by atoms with van der Waals surface area (Å²) in [4.78, 5) is 4.19. The highest BCUT2D eigenvalue weighted by molar-refractivity contribution is 5.82. The van der Waals surface area contributed by atoms with Crippen LogP contribution in [0.4, 0.5) is 10.4 Å². The third kappa shape index (κ3) is 2.78. The van der Waals surface area contributed by atoms with Gasteiger partial charge in [-0.25, -0.2) is 4.39 Å². The van der Waals surface area contributed by atoms with Crippen molar-refractivity contribution in [2.45, 2.75) is 82.1 Å². The highest BCUT2D eigenvalue weighted by Gasteiger charge is 2.66. The Balaban J connectivity index is 1.35. The normalized spacial score (nSPS) is 43.8. The predicted molar refractivity (Wildman–Crippen MR) is 121 cm³/mol. The lowest BCUT2D eigenvalue weighted by Crippen LogP contribution is -2.62. The summed E-state index contributed by atoms with van der Waals surface area (Å²) in [7, 11) is 0. The molecule has 6 heteroatoms. The summed E-state index contributed by atoms with van der Waals surface area (Å²) >= 11 is 0. The van der Waals surface area contributed by atoms with Gasteiger partial charge in [0.15, 0.2) is 5.58 Å². The number of anilines is 1. The largest absolute Gasteiger partial charge is 0.424 e. The Bertz CT molecular complexity index is 1100. The molecule has 2 aromatic rings. The van der Waals surface area contributed by atoms with Crippen LogP contribution in [0.5, 0.6) is 0 Å². The first-order valence-electron chi connectivity index (χ1n) is 12.2. The van der Waals surface area contributed by atoms with Crippen molar-refractivity contribution in [3.63, 3.8) is 0 Å². The summed E-state index contributed by atoms with van der Waals surface area (Å²) in [6, 6.07) is 6.08. The number of nitrogen functional groups attached to an aromatic ring is 1. The maximum atomic E-state index is 16.7. The smallest absolute Gasteiger partial charge is 0.292 e. The molecule has 1 aromatic heterocycles. The molecular weight excluding hydrogens is 407 g/mol. The summed E-state index contributed by atoms with van der Waals surface area (Å²) in [6.07, 6.45) is 7.83. The lowest BCUT2D eigenvalue weighted by Gasteiger charge is -2.56. The standard InChI is InChI=1S/C26H33FN2O3/c1-24-10-11-25(27)14-17-12-18(30)4-2-15(17)8-9-26(25,31)22(24)7-5-19(24)16-3-6-20-21(13-16)32-23(28)29-20/h3,5-6,13,15,17-18,22,30-31H,2,4,7-12,14H2,1H3,(H2,28,29)/t15?,17?,18?,22?,24?,25?,26-/m0/s1. The van der Waals surface area contributed by atoms with Gasteiger partial charge in [-0.1, -0.05) is 19.1 Å². The van der Waals surface area contributed by atoms with E-state index in [1.54, 1.807) is 0 Å². The SMILES string of the molecule is CC12CCC3(F)CC4CC(O)CCC4CC[C@]3(O)C1CC=C2c1ccc2nc(N)oc2c1. The molecule has 0 spiro atoms. The highest BCUT2D eigenvalue weighted by Crippen LogP contribution is 2.66. The first-order chi connectivity index (χ1) is 15.2. The predicted octanol–water partition coefficient (Wildman–Crippen LogP) is 5.01. The topological polar surface area (TPSA) is 92.5 Å². The Hall–Kier alpha value is -1.92. The molecule has 0 saturated heterocycles. The summed E-state index contributed by atoms with van der Waals surface area (Å²) in [5.74, 6) is 0.444. The molecule has 4 aliphatic rings. The number of nitrogens with zero attached hydrogens (tertiary/aromatic N) is 1. The number of hydrogen-bond acceptors (Lipinski definition) is 5. The molecule has 3 fully saturated rings. The van der Waals surface area contributed by atoms with Crippen LogP contribution in [0.2, 0.25) is 0 Å². The number of aliphatic hydroxyl groups excluding tert-OH is 1. The summed E-state index contributed by atoms with van der Waals surface area (Å²) < 4.78 is 22.3. The molecule has 1 heterocycles. The minimum absolute atomic E-state index is 0.149. The number of fused-ring (bicyclic) bond motifs is 5. The number of rotatable bonds is 1. The van der Waals surface area contributed by atoms with E-state index in [4.69, 9.17) is 10.2 Å². The Morgan fingerprint density at radius 3 is 2.84 bits per heavy atom. The van der Waals surface area contributed by atoms with Gasteiger partial charge in [-0.3, -0.25) is 0 Å². The van der Waals surface area contributed by atoms with Crippen LogP contribution in [0.25, 0.3) is 16.7 Å². The first kappa shape index (κ1) is 20.7. The summed E-state index contributed by atoms with van der Waals surface area (Å²) in [5, 5.41) is 22.3. The second-order valence-electron chi connectivity index (χ2n) is 11.2. The van der Waals surface area contributed by atoms with Gasteiger partial charge in [0.25, 0.3) is 6.01 Å². The van der Waals surface area contributed by atoms with Crippen LogP contribution >= 0.6 is 0 Å². The molecule has 1 aromatic carbocycles. The van der Waals surface area contributed by atoms with E-state index in [2.05, 4.69) is 18.0 Å². The summed E-state index contributed by atoms with van der Waals surface area (Å²) in [5.41, 5.74) is 6.11. The maximum Gasteiger partial charge on any atom is 0.292 e. The number of hydrogen-bond donors (Lipinski definition) is 3. The van der Waals surface area contributed by atoms with Crippen LogP contribution in [-0.2, 0) is 0 Å². The van der Waals surface area contributed by atoms with Crippen LogP contribution < -0.4 is 5.73 Å². The Morgan fingerprint density at radius 1 is 1.16 bits per heavy atom. The second-order valence-corrected chi connectivity index (χ2v) is 11.2. The van der Waals surface area contributed by atoms with Gasteiger partial charge in [-0.05, 0) is 98.3 Å².